The van der Waals surface area contributed by atoms with Crippen LogP contribution in [0.25, 0.3) is 6.08 Å². The molecule has 2 saturated heterocycles. The summed E-state index contributed by atoms with van der Waals surface area (Å²) in [6.45, 7) is 1.04. The first kappa shape index (κ1) is 24.0. The zero-order valence-corrected chi connectivity index (χ0v) is 20.5. The van der Waals surface area contributed by atoms with Crippen molar-refractivity contribution in [1.29, 1.82) is 0 Å². The van der Waals surface area contributed by atoms with E-state index in [-0.39, 0.29) is 29.5 Å². The minimum atomic E-state index is -0.363. The predicted octanol–water partition coefficient (Wildman–Crippen LogP) is 5.39. The topological polar surface area (TPSA) is 67.9 Å². The molecule has 0 aliphatic carbocycles. The van der Waals surface area contributed by atoms with Crippen LogP contribution in [0.1, 0.15) is 18.4 Å². The molecular formula is C23H20Cl2N2O4S2. The van der Waals surface area contributed by atoms with Gasteiger partial charge in [-0.15, -0.1) is 0 Å². The molecular weight excluding hydrogens is 503 g/mol. The Morgan fingerprint density at radius 2 is 2.06 bits per heavy atom. The molecule has 0 spiro atoms. The summed E-state index contributed by atoms with van der Waals surface area (Å²) in [7, 11) is 0. The van der Waals surface area contributed by atoms with Gasteiger partial charge in [-0.3, -0.25) is 14.5 Å². The quantitative estimate of drug-likeness (QED) is 0.388. The third-order valence-corrected chi connectivity index (χ3v) is 7.25. The lowest BCUT2D eigenvalue weighted by atomic mass is 10.2. The summed E-state index contributed by atoms with van der Waals surface area (Å²) < 4.78 is 11.7. The molecule has 1 N–H and O–H groups in total. The zero-order chi connectivity index (χ0) is 23.4. The van der Waals surface area contributed by atoms with Crippen molar-refractivity contribution in [3.63, 3.8) is 0 Å². The van der Waals surface area contributed by atoms with Crippen molar-refractivity contribution < 1.29 is 19.1 Å². The van der Waals surface area contributed by atoms with Gasteiger partial charge >= 0.3 is 0 Å². The van der Waals surface area contributed by atoms with Crippen LogP contribution in [0, 0.1) is 0 Å². The third kappa shape index (κ3) is 6.07. The van der Waals surface area contributed by atoms with E-state index in [9.17, 15) is 9.59 Å². The first-order valence-electron chi connectivity index (χ1n) is 10.2. The molecule has 2 amide bonds. The van der Waals surface area contributed by atoms with E-state index in [4.69, 9.17) is 44.9 Å². The van der Waals surface area contributed by atoms with Gasteiger partial charge in [0.2, 0.25) is 0 Å². The van der Waals surface area contributed by atoms with Crippen LogP contribution in [0.4, 0.5) is 5.69 Å². The molecule has 2 aromatic carbocycles. The van der Waals surface area contributed by atoms with E-state index in [0.717, 1.165) is 25.0 Å². The van der Waals surface area contributed by atoms with Gasteiger partial charge in [-0.05, 0) is 48.7 Å². The molecule has 0 bridgehead atoms. The number of rotatable bonds is 7. The molecule has 0 saturated carbocycles. The molecule has 2 fully saturated rings. The van der Waals surface area contributed by atoms with Gasteiger partial charge in [-0.2, -0.15) is 0 Å². The van der Waals surface area contributed by atoms with Crippen LogP contribution >= 0.6 is 47.2 Å². The summed E-state index contributed by atoms with van der Waals surface area (Å²) in [6.07, 6.45) is 3.81. The second-order valence-corrected chi connectivity index (χ2v) is 9.90. The molecule has 172 valence electrons. The molecule has 0 aromatic heterocycles. The molecule has 2 aliphatic heterocycles. The lowest BCUT2D eigenvalue weighted by Gasteiger charge is -2.18. The number of halogens is 2. The summed E-state index contributed by atoms with van der Waals surface area (Å²) in [5, 5.41) is 3.30. The third-order valence-electron chi connectivity index (χ3n) is 5.06. The van der Waals surface area contributed by atoms with E-state index in [2.05, 4.69) is 5.32 Å². The number of hydrogen-bond acceptors (Lipinski definition) is 6. The van der Waals surface area contributed by atoms with Crippen molar-refractivity contribution in [1.82, 2.24) is 4.90 Å². The van der Waals surface area contributed by atoms with Crippen molar-refractivity contribution in [2.75, 3.05) is 25.1 Å². The van der Waals surface area contributed by atoms with Gasteiger partial charge in [0.05, 0.1) is 33.3 Å². The molecule has 0 radical (unpaired) electrons. The van der Waals surface area contributed by atoms with Crippen LogP contribution in [-0.4, -0.2) is 46.9 Å². The number of benzene rings is 2. The smallest absolute Gasteiger partial charge is 0.266 e. The Balaban J connectivity index is 1.32. The zero-order valence-electron chi connectivity index (χ0n) is 17.4. The maximum atomic E-state index is 12.8. The summed E-state index contributed by atoms with van der Waals surface area (Å²) in [6, 6.07) is 12.1. The number of hydrogen-bond donors (Lipinski definition) is 1. The van der Waals surface area contributed by atoms with E-state index in [1.54, 1.807) is 41.3 Å². The molecule has 2 heterocycles. The van der Waals surface area contributed by atoms with Crippen molar-refractivity contribution in [2.45, 2.75) is 18.9 Å². The van der Waals surface area contributed by atoms with E-state index in [0.29, 0.717) is 32.2 Å². The summed E-state index contributed by atoms with van der Waals surface area (Å²) in [5.74, 6) is 0.0563. The SMILES string of the molecule is O=C(COc1ccc(/C=C2\SC(=S)N(C[C@@H]3CCCO3)C2=O)cc1)Nc1cccc(Cl)c1Cl. The van der Waals surface area contributed by atoms with Crippen LogP contribution in [0.5, 0.6) is 5.75 Å². The summed E-state index contributed by atoms with van der Waals surface area (Å²) >= 11 is 18.7. The fraction of sp³-hybridized carbons (Fsp3) is 0.261. The van der Waals surface area contributed by atoms with Gasteiger partial charge < -0.3 is 14.8 Å². The number of nitrogens with zero attached hydrogens (tertiary/aromatic N) is 1. The Hall–Kier alpha value is -2.10. The van der Waals surface area contributed by atoms with Gasteiger partial charge in [0.1, 0.15) is 10.1 Å². The average molecular weight is 523 g/mol. The second-order valence-electron chi connectivity index (χ2n) is 7.43. The first-order valence-corrected chi connectivity index (χ1v) is 12.2. The monoisotopic (exact) mass is 522 g/mol. The average Bonchev–Trinajstić information content (AvgIpc) is 3.41. The Bertz CT molecular complexity index is 1100. The van der Waals surface area contributed by atoms with Crippen LogP contribution in [0.2, 0.25) is 10.0 Å². The second kappa shape index (κ2) is 10.9. The number of ether oxygens (including phenoxy) is 2. The predicted molar refractivity (Wildman–Crippen MR) is 136 cm³/mol. The van der Waals surface area contributed by atoms with E-state index >= 15 is 0 Å². The number of nitrogens with one attached hydrogen (secondary N) is 1. The van der Waals surface area contributed by atoms with Crippen molar-refractivity contribution in [3.8, 4) is 5.75 Å². The van der Waals surface area contributed by atoms with Crippen LogP contribution in [0.15, 0.2) is 47.4 Å². The highest BCUT2D eigenvalue weighted by Crippen LogP contribution is 2.34. The lowest BCUT2D eigenvalue weighted by molar-refractivity contribution is -0.123. The highest BCUT2D eigenvalue weighted by molar-refractivity contribution is 8.26. The highest BCUT2D eigenvalue weighted by atomic mass is 35.5. The Morgan fingerprint density at radius 1 is 1.27 bits per heavy atom. The normalized spacial score (nSPS) is 19.4. The molecule has 10 heteroatoms. The fourth-order valence-electron chi connectivity index (χ4n) is 3.40. The van der Waals surface area contributed by atoms with Gasteiger partial charge in [0.15, 0.2) is 6.61 Å². The fourth-order valence-corrected chi connectivity index (χ4v) is 5.02. The number of carbonyl (C=O) groups is 2. The van der Waals surface area contributed by atoms with Crippen molar-refractivity contribution in [3.05, 3.63) is 63.0 Å². The molecule has 0 unspecified atom stereocenters. The van der Waals surface area contributed by atoms with E-state index in [1.165, 1.54) is 11.8 Å². The lowest BCUT2D eigenvalue weighted by Crippen LogP contribution is -2.35. The molecule has 2 aromatic rings. The van der Waals surface area contributed by atoms with E-state index < -0.39 is 0 Å². The van der Waals surface area contributed by atoms with Gasteiger partial charge in [0.25, 0.3) is 11.8 Å². The number of carbonyl (C=O) groups excluding carboxylic acids is 2. The number of amides is 2. The molecule has 1 atom stereocenters. The molecule has 6 nitrogen and oxygen atoms in total. The van der Waals surface area contributed by atoms with Crippen LogP contribution in [-0.2, 0) is 14.3 Å². The number of thioether (sulfide) groups is 1. The summed E-state index contributed by atoms with van der Waals surface area (Å²) in [4.78, 5) is 27.1. The maximum absolute atomic E-state index is 12.8. The van der Waals surface area contributed by atoms with Gasteiger partial charge in [0, 0.05) is 6.61 Å². The van der Waals surface area contributed by atoms with Crippen LogP contribution in [0.3, 0.4) is 0 Å². The minimum absolute atomic E-state index is 0.0513. The molecule has 33 heavy (non-hydrogen) atoms. The standard InChI is InChI=1S/C23H20Cl2N2O4S2/c24-17-4-1-5-18(21(17)25)26-20(28)13-31-15-8-6-14(7-9-15)11-19-22(29)27(23(32)33-19)12-16-3-2-10-30-16/h1,4-9,11,16H,2-3,10,12-13H2,(H,26,28)/b19-11-/t16-/m0/s1. The van der Waals surface area contributed by atoms with Crippen LogP contribution < -0.4 is 10.1 Å². The number of thiocarbonyl (C=S) groups is 1. The Labute approximate surface area is 211 Å². The largest absolute Gasteiger partial charge is 0.484 e. The van der Waals surface area contributed by atoms with E-state index in [1.807, 2.05) is 12.1 Å². The summed E-state index contributed by atoms with van der Waals surface area (Å²) in [5.41, 5.74) is 1.25. The maximum Gasteiger partial charge on any atom is 0.266 e. The Morgan fingerprint density at radius 3 is 2.79 bits per heavy atom. The number of anilines is 1. The molecule has 4 rings (SSSR count). The van der Waals surface area contributed by atoms with Gasteiger partial charge in [-0.25, -0.2) is 0 Å². The van der Waals surface area contributed by atoms with Gasteiger partial charge in [-0.1, -0.05) is 65.4 Å². The minimum Gasteiger partial charge on any atom is -0.484 e. The highest BCUT2D eigenvalue weighted by Gasteiger charge is 2.34. The molecule has 2 aliphatic rings. The van der Waals surface area contributed by atoms with Crippen molar-refractivity contribution in [2.24, 2.45) is 0 Å². The van der Waals surface area contributed by atoms with Crippen molar-refractivity contribution >= 4 is 75.1 Å². The Kier molecular flexibility index (Phi) is 7.93. The first-order chi connectivity index (χ1) is 15.9.